The van der Waals surface area contributed by atoms with Gasteiger partial charge in [-0.3, -0.25) is 0 Å². The van der Waals surface area contributed by atoms with Crippen molar-refractivity contribution in [2.24, 2.45) is 5.92 Å². The van der Waals surface area contributed by atoms with Crippen LogP contribution in [-0.4, -0.2) is 27.7 Å². The quantitative estimate of drug-likeness (QED) is 0.637. The molecule has 18 heavy (non-hydrogen) atoms. The number of rotatable bonds is 5. The summed E-state index contributed by atoms with van der Waals surface area (Å²) in [5.74, 6) is 0.380. The molecule has 98 valence electrons. The number of benzene rings is 1. The second kappa shape index (κ2) is 5.37. The van der Waals surface area contributed by atoms with Crippen LogP contribution in [0.15, 0.2) is 23.0 Å². The van der Waals surface area contributed by atoms with E-state index in [-0.39, 0.29) is 18.3 Å². The highest BCUT2D eigenvalue weighted by atomic mass is 16.3. The van der Waals surface area contributed by atoms with Gasteiger partial charge in [-0.05, 0) is 23.6 Å². The summed E-state index contributed by atoms with van der Waals surface area (Å²) in [6.07, 6.45) is 0. The zero-order chi connectivity index (χ0) is 13.1. The van der Waals surface area contributed by atoms with E-state index in [0.29, 0.717) is 12.5 Å². The number of H-pyrrole nitrogens is 2. The molecule has 1 atom stereocenters. The van der Waals surface area contributed by atoms with Crippen LogP contribution in [0.4, 0.5) is 0 Å². The molecule has 0 saturated carbocycles. The van der Waals surface area contributed by atoms with Crippen molar-refractivity contribution in [2.75, 3.05) is 6.61 Å². The molecule has 2 aromatic rings. The van der Waals surface area contributed by atoms with Gasteiger partial charge in [0.1, 0.15) is 0 Å². The molecule has 2 rings (SSSR count). The first-order valence-electron chi connectivity index (χ1n) is 6.15. The summed E-state index contributed by atoms with van der Waals surface area (Å²) < 4.78 is 0. The maximum absolute atomic E-state index is 11.1. The van der Waals surface area contributed by atoms with Crippen molar-refractivity contribution in [1.82, 2.24) is 15.3 Å². The van der Waals surface area contributed by atoms with Gasteiger partial charge in [0.2, 0.25) is 0 Å². The van der Waals surface area contributed by atoms with Crippen LogP contribution >= 0.6 is 0 Å². The number of fused-ring (bicyclic) bond motifs is 1. The van der Waals surface area contributed by atoms with E-state index in [1.54, 1.807) is 0 Å². The highest BCUT2D eigenvalue weighted by molar-refractivity contribution is 5.74. The summed E-state index contributed by atoms with van der Waals surface area (Å²) in [4.78, 5) is 16.6. The Morgan fingerprint density at radius 1 is 1.28 bits per heavy atom. The fraction of sp³-hybridized carbons (Fsp3) is 0.462. The molecular formula is C13H19N3O2. The molecule has 1 aromatic carbocycles. The lowest BCUT2D eigenvalue weighted by molar-refractivity contribution is 0.210. The first-order chi connectivity index (χ1) is 8.60. The smallest absolute Gasteiger partial charge is 0.323 e. The minimum Gasteiger partial charge on any atom is -0.395 e. The topological polar surface area (TPSA) is 80.9 Å². The standard InChI is InChI=1S/C13H19N3O2/c1-8(2)12(7-17)14-6-9-3-4-10-11(5-9)16-13(18)15-10/h3-5,8,12,14,17H,6-7H2,1-2H3,(H2,15,16,18). The van der Waals surface area contributed by atoms with Crippen molar-refractivity contribution < 1.29 is 5.11 Å². The van der Waals surface area contributed by atoms with Crippen LogP contribution in [0, 0.1) is 5.92 Å². The zero-order valence-corrected chi connectivity index (χ0v) is 10.7. The van der Waals surface area contributed by atoms with E-state index in [1.807, 2.05) is 18.2 Å². The molecule has 0 aliphatic carbocycles. The molecule has 5 nitrogen and oxygen atoms in total. The largest absolute Gasteiger partial charge is 0.395 e. The molecule has 0 fully saturated rings. The van der Waals surface area contributed by atoms with Crippen LogP contribution in [-0.2, 0) is 6.54 Å². The highest BCUT2D eigenvalue weighted by Gasteiger charge is 2.11. The number of hydrogen-bond acceptors (Lipinski definition) is 3. The summed E-state index contributed by atoms with van der Waals surface area (Å²) in [5.41, 5.74) is 2.51. The van der Waals surface area contributed by atoms with Gasteiger partial charge in [-0.2, -0.15) is 0 Å². The highest BCUT2D eigenvalue weighted by Crippen LogP contribution is 2.10. The predicted molar refractivity (Wildman–Crippen MR) is 71.5 cm³/mol. The van der Waals surface area contributed by atoms with Gasteiger partial charge < -0.3 is 20.4 Å². The maximum Gasteiger partial charge on any atom is 0.323 e. The molecule has 1 unspecified atom stereocenters. The van der Waals surface area contributed by atoms with Crippen molar-refractivity contribution >= 4 is 11.0 Å². The van der Waals surface area contributed by atoms with Crippen molar-refractivity contribution in [3.63, 3.8) is 0 Å². The minimum absolute atomic E-state index is 0.0889. The Kier molecular flexibility index (Phi) is 3.84. The van der Waals surface area contributed by atoms with E-state index in [1.165, 1.54) is 0 Å². The number of aliphatic hydroxyl groups is 1. The third kappa shape index (κ3) is 2.80. The van der Waals surface area contributed by atoms with Crippen LogP contribution < -0.4 is 11.0 Å². The Bertz CT molecular complexity index is 571. The molecule has 0 aliphatic heterocycles. The van der Waals surface area contributed by atoms with Crippen LogP contribution in [0.3, 0.4) is 0 Å². The second-order valence-corrected chi connectivity index (χ2v) is 4.87. The molecule has 0 aliphatic rings. The average molecular weight is 249 g/mol. The lowest BCUT2D eigenvalue weighted by atomic mass is 10.1. The second-order valence-electron chi connectivity index (χ2n) is 4.87. The van der Waals surface area contributed by atoms with Gasteiger partial charge in [-0.1, -0.05) is 19.9 Å². The van der Waals surface area contributed by atoms with Crippen molar-refractivity contribution in [2.45, 2.75) is 26.4 Å². The van der Waals surface area contributed by atoms with Gasteiger partial charge in [-0.15, -0.1) is 0 Å². The molecule has 0 bridgehead atoms. The Morgan fingerprint density at radius 3 is 2.67 bits per heavy atom. The third-order valence-corrected chi connectivity index (χ3v) is 3.15. The zero-order valence-electron chi connectivity index (χ0n) is 10.7. The number of nitrogens with one attached hydrogen (secondary N) is 3. The predicted octanol–water partition coefficient (Wildman–Crippen LogP) is 0.963. The molecule has 5 heteroatoms. The van der Waals surface area contributed by atoms with Crippen LogP contribution in [0.5, 0.6) is 0 Å². The number of imidazole rings is 1. The first-order valence-corrected chi connectivity index (χ1v) is 6.15. The van der Waals surface area contributed by atoms with Gasteiger partial charge in [0.05, 0.1) is 17.6 Å². The molecular weight excluding hydrogens is 230 g/mol. The normalized spacial score (nSPS) is 13.3. The molecule has 4 N–H and O–H groups in total. The molecule has 0 spiro atoms. The lowest BCUT2D eigenvalue weighted by Gasteiger charge is -2.19. The van der Waals surface area contributed by atoms with E-state index in [2.05, 4.69) is 29.1 Å². The van der Waals surface area contributed by atoms with Crippen molar-refractivity contribution in [1.29, 1.82) is 0 Å². The van der Waals surface area contributed by atoms with Crippen LogP contribution in [0.25, 0.3) is 11.0 Å². The number of aliphatic hydroxyl groups excluding tert-OH is 1. The molecule has 0 amide bonds. The minimum atomic E-state index is -0.189. The number of aromatic amines is 2. The SMILES string of the molecule is CC(C)C(CO)NCc1ccc2[nH]c(=O)[nH]c2c1. The fourth-order valence-electron chi connectivity index (χ4n) is 1.95. The summed E-state index contributed by atoms with van der Waals surface area (Å²) in [6.45, 7) is 4.94. The van der Waals surface area contributed by atoms with E-state index in [0.717, 1.165) is 16.6 Å². The Morgan fingerprint density at radius 2 is 2.00 bits per heavy atom. The van der Waals surface area contributed by atoms with Gasteiger partial charge in [0.25, 0.3) is 0 Å². The Labute approximate surface area is 105 Å². The van der Waals surface area contributed by atoms with E-state index in [9.17, 15) is 9.90 Å². The number of hydrogen-bond donors (Lipinski definition) is 4. The summed E-state index contributed by atoms with van der Waals surface area (Å²) in [6, 6.07) is 5.88. The molecule has 0 radical (unpaired) electrons. The van der Waals surface area contributed by atoms with E-state index in [4.69, 9.17) is 0 Å². The van der Waals surface area contributed by atoms with E-state index >= 15 is 0 Å². The third-order valence-electron chi connectivity index (χ3n) is 3.15. The van der Waals surface area contributed by atoms with Crippen LogP contribution in [0.2, 0.25) is 0 Å². The molecule has 1 heterocycles. The fourth-order valence-corrected chi connectivity index (χ4v) is 1.95. The monoisotopic (exact) mass is 249 g/mol. The van der Waals surface area contributed by atoms with E-state index < -0.39 is 0 Å². The summed E-state index contributed by atoms with van der Waals surface area (Å²) >= 11 is 0. The maximum atomic E-state index is 11.1. The Hall–Kier alpha value is -1.59. The van der Waals surface area contributed by atoms with Crippen molar-refractivity contribution in [3.8, 4) is 0 Å². The van der Waals surface area contributed by atoms with Gasteiger partial charge in [-0.25, -0.2) is 4.79 Å². The summed E-state index contributed by atoms with van der Waals surface area (Å²) in [7, 11) is 0. The van der Waals surface area contributed by atoms with Gasteiger partial charge in [0.15, 0.2) is 0 Å². The number of aromatic nitrogens is 2. The summed E-state index contributed by atoms with van der Waals surface area (Å²) in [5, 5.41) is 12.5. The Balaban J connectivity index is 2.09. The molecule has 1 aromatic heterocycles. The first kappa shape index (κ1) is 12.9. The van der Waals surface area contributed by atoms with Gasteiger partial charge in [0, 0.05) is 12.6 Å². The molecule has 0 saturated heterocycles. The van der Waals surface area contributed by atoms with Crippen molar-refractivity contribution in [3.05, 3.63) is 34.2 Å². The van der Waals surface area contributed by atoms with Crippen LogP contribution in [0.1, 0.15) is 19.4 Å². The van der Waals surface area contributed by atoms with Gasteiger partial charge >= 0.3 is 5.69 Å². The average Bonchev–Trinajstić information content (AvgIpc) is 2.68. The lowest BCUT2D eigenvalue weighted by Crippen LogP contribution is -2.36.